The lowest BCUT2D eigenvalue weighted by molar-refractivity contribution is -0.154. The summed E-state index contributed by atoms with van der Waals surface area (Å²) in [6.07, 6.45) is 5.73. The Kier molecular flexibility index (Phi) is 4.94. The molecule has 2 rings (SSSR count). The minimum Gasteiger partial charge on any atom is -0.395 e. The van der Waals surface area contributed by atoms with Crippen molar-refractivity contribution in [1.29, 1.82) is 0 Å². The van der Waals surface area contributed by atoms with Crippen LogP contribution in [0.2, 0.25) is 0 Å². The normalized spacial score (nSPS) is 40.8. The SMILES string of the molecule is CC1(C)CCC[C@@]2(C)C[C@@H](CC(=O)NCCO)[C@](C)(O)C[C@@H]12. The predicted octanol–water partition coefficient (Wildman–Crippen LogP) is 2.48. The van der Waals surface area contributed by atoms with Gasteiger partial charge < -0.3 is 15.5 Å². The van der Waals surface area contributed by atoms with Gasteiger partial charge >= 0.3 is 0 Å². The monoisotopic (exact) mass is 311 g/mol. The van der Waals surface area contributed by atoms with Crippen molar-refractivity contribution in [2.24, 2.45) is 22.7 Å². The van der Waals surface area contributed by atoms with Crippen LogP contribution in [-0.4, -0.2) is 34.9 Å². The maximum atomic E-state index is 12.0. The molecule has 128 valence electrons. The van der Waals surface area contributed by atoms with Gasteiger partial charge in [-0.05, 0) is 55.3 Å². The lowest BCUT2D eigenvalue weighted by Crippen LogP contribution is -2.55. The standard InChI is InChI=1S/C18H33NO3/c1-16(2)6-5-7-17(3)11-13(10-15(21)19-8-9-20)18(4,22)12-14(16)17/h13-14,20,22H,5-12H2,1-4H3,(H,19,21)/t13-,14+,17+,18-/m1/s1. The Hall–Kier alpha value is -0.610. The van der Waals surface area contributed by atoms with E-state index in [9.17, 15) is 9.90 Å². The van der Waals surface area contributed by atoms with E-state index >= 15 is 0 Å². The van der Waals surface area contributed by atoms with Gasteiger partial charge in [0.2, 0.25) is 5.91 Å². The average Bonchev–Trinajstić information content (AvgIpc) is 2.39. The molecule has 2 aliphatic carbocycles. The molecule has 2 aliphatic rings. The topological polar surface area (TPSA) is 69.6 Å². The van der Waals surface area contributed by atoms with Crippen LogP contribution < -0.4 is 5.32 Å². The van der Waals surface area contributed by atoms with Gasteiger partial charge in [0.15, 0.2) is 0 Å². The van der Waals surface area contributed by atoms with E-state index in [0.717, 1.165) is 12.8 Å². The molecule has 3 N–H and O–H groups in total. The van der Waals surface area contributed by atoms with E-state index in [0.29, 0.717) is 18.9 Å². The number of rotatable bonds is 4. The van der Waals surface area contributed by atoms with Crippen molar-refractivity contribution in [3.05, 3.63) is 0 Å². The van der Waals surface area contributed by atoms with E-state index in [1.54, 1.807) is 0 Å². The Labute approximate surface area is 134 Å². The van der Waals surface area contributed by atoms with Crippen molar-refractivity contribution in [2.45, 2.75) is 71.8 Å². The van der Waals surface area contributed by atoms with Gasteiger partial charge in [-0.1, -0.05) is 27.2 Å². The van der Waals surface area contributed by atoms with Crippen LogP contribution in [0.15, 0.2) is 0 Å². The largest absolute Gasteiger partial charge is 0.395 e. The first kappa shape index (κ1) is 17.7. The Morgan fingerprint density at radius 3 is 2.50 bits per heavy atom. The van der Waals surface area contributed by atoms with Crippen LogP contribution >= 0.6 is 0 Å². The Balaban J connectivity index is 2.13. The third kappa shape index (κ3) is 3.48. The number of nitrogens with one attached hydrogen (secondary N) is 1. The summed E-state index contributed by atoms with van der Waals surface area (Å²) >= 11 is 0. The highest BCUT2D eigenvalue weighted by molar-refractivity contribution is 5.76. The molecule has 4 atom stereocenters. The number of carbonyl (C=O) groups excluding carboxylic acids is 1. The zero-order chi connectivity index (χ0) is 16.6. The summed E-state index contributed by atoms with van der Waals surface area (Å²) in [5.41, 5.74) is -0.289. The highest BCUT2D eigenvalue weighted by Crippen LogP contribution is 2.61. The minimum atomic E-state index is -0.782. The molecule has 0 aromatic heterocycles. The quantitative estimate of drug-likeness (QED) is 0.747. The van der Waals surface area contributed by atoms with E-state index in [4.69, 9.17) is 5.11 Å². The van der Waals surface area contributed by atoms with Crippen molar-refractivity contribution in [2.75, 3.05) is 13.2 Å². The van der Waals surface area contributed by atoms with Crippen molar-refractivity contribution in [3.8, 4) is 0 Å². The maximum absolute atomic E-state index is 12.0. The molecule has 4 nitrogen and oxygen atoms in total. The summed E-state index contributed by atoms with van der Waals surface area (Å²) in [5, 5.41) is 22.5. The first-order valence-corrected chi connectivity index (χ1v) is 8.71. The number of hydrogen-bond acceptors (Lipinski definition) is 3. The van der Waals surface area contributed by atoms with Crippen LogP contribution in [0.1, 0.15) is 66.2 Å². The number of fused-ring (bicyclic) bond motifs is 1. The van der Waals surface area contributed by atoms with E-state index in [1.807, 2.05) is 6.92 Å². The molecule has 0 aromatic rings. The van der Waals surface area contributed by atoms with Gasteiger partial charge in [-0.3, -0.25) is 4.79 Å². The lowest BCUT2D eigenvalue weighted by Gasteiger charge is -2.59. The third-order valence-electron chi connectivity index (χ3n) is 6.43. The van der Waals surface area contributed by atoms with Gasteiger partial charge in [0.1, 0.15) is 0 Å². The minimum absolute atomic E-state index is 0.00124. The fraction of sp³-hybridized carbons (Fsp3) is 0.944. The van der Waals surface area contributed by atoms with Crippen LogP contribution in [0, 0.1) is 22.7 Å². The number of aliphatic hydroxyl groups excluding tert-OH is 1. The second-order valence-electron chi connectivity index (χ2n) is 8.79. The second-order valence-corrected chi connectivity index (χ2v) is 8.79. The molecule has 22 heavy (non-hydrogen) atoms. The van der Waals surface area contributed by atoms with E-state index < -0.39 is 5.60 Å². The van der Waals surface area contributed by atoms with Gasteiger partial charge in [-0.25, -0.2) is 0 Å². The first-order chi connectivity index (χ1) is 10.1. The van der Waals surface area contributed by atoms with Gasteiger partial charge in [-0.15, -0.1) is 0 Å². The molecule has 2 fully saturated rings. The molecule has 0 unspecified atom stereocenters. The summed E-state index contributed by atoms with van der Waals surface area (Å²) in [6.45, 7) is 9.17. The molecule has 0 bridgehead atoms. The van der Waals surface area contributed by atoms with Crippen molar-refractivity contribution in [3.63, 3.8) is 0 Å². The summed E-state index contributed by atoms with van der Waals surface area (Å²) in [6, 6.07) is 0. The highest BCUT2D eigenvalue weighted by atomic mass is 16.3. The molecule has 0 spiro atoms. The van der Waals surface area contributed by atoms with E-state index in [-0.39, 0.29) is 29.3 Å². The fourth-order valence-electron chi connectivity index (χ4n) is 5.15. The average molecular weight is 311 g/mol. The molecule has 2 saturated carbocycles. The van der Waals surface area contributed by atoms with Gasteiger partial charge in [-0.2, -0.15) is 0 Å². The van der Waals surface area contributed by atoms with Crippen LogP contribution in [0.5, 0.6) is 0 Å². The third-order valence-corrected chi connectivity index (χ3v) is 6.43. The lowest BCUT2D eigenvalue weighted by atomic mass is 9.47. The summed E-state index contributed by atoms with van der Waals surface area (Å²) in [4.78, 5) is 12.0. The molecule has 0 saturated heterocycles. The van der Waals surface area contributed by atoms with Crippen molar-refractivity contribution in [1.82, 2.24) is 5.32 Å². The molecule has 0 aromatic carbocycles. The van der Waals surface area contributed by atoms with Crippen LogP contribution in [0.3, 0.4) is 0 Å². The number of aliphatic hydroxyl groups is 2. The van der Waals surface area contributed by atoms with E-state index in [2.05, 4.69) is 26.1 Å². The molecule has 0 radical (unpaired) electrons. The van der Waals surface area contributed by atoms with Gasteiger partial charge in [0.25, 0.3) is 0 Å². The van der Waals surface area contributed by atoms with Gasteiger partial charge in [0.05, 0.1) is 12.2 Å². The molecule has 0 heterocycles. The molecule has 4 heteroatoms. The Morgan fingerprint density at radius 1 is 1.18 bits per heavy atom. The Bertz CT molecular complexity index is 419. The predicted molar refractivity (Wildman–Crippen MR) is 87.3 cm³/mol. The zero-order valence-corrected chi connectivity index (χ0v) is 14.6. The van der Waals surface area contributed by atoms with E-state index in [1.165, 1.54) is 19.3 Å². The number of amides is 1. The molecular weight excluding hydrogens is 278 g/mol. The summed E-state index contributed by atoms with van der Waals surface area (Å²) < 4.78 is 0. The second kappa shape index (κ2) is 6.12. The van der Waals surface area contributed by atoms with Crippen LogP contribution in [0.4, 0.5) is 0 Å². The smallest absolute Gasteiger partial charge is 0.220 e. The van der Waals surface area contributed by atoms with Crippen molar-refractivity contribution >= 4 is 5.91 Å². The zero-order valence-electron chi connectivity index (χ0n) is 14.6. The summed E-state index contributed by atoms with van der Waals surface area (Å²) in [5.74, 6) is 0.457. The Morgan fingerprint density at radius 2 is 1.86 bits per heavy atom. The number of hydrogen-bond donors (Lipinski definition) is 3. The highest BCUT2D eigenvalue weighted by Gasteiger charge is 2.55. The van der Waals surface area contributed by atoms with Crippen LogP contribution in [-0.2, 0) is 4.79 Å². The fourth-order valence-corrected chi connectivity index (χ4v) is 5.15. The van der Waals surface area contributed by atoms with Crippen molar-refractivity contribution < 1.29 is 15.0 Å². The maximum Gasteiger partial charge on any atom is 0.220 e. The van der Waals surface area contributed by atoms with Gasteiger partial charge in [0, 0.05) is 13.0 Å². The molecule has 0 aliphatic heterocycles. The molecular formula is C18H33NO3. The number of carbonyl (C=O) groups is 1. The summed E-state index contributed by atoms with van der Waals surface area (Å²) in [7, 11) is 0. The van der Waals surface area contributed by atoms with Crippen LogP contribution in [0.25, 0.3) is 0 Å². The molecule has 1 amide bonds. The first-order valence-electron chi connectivity index (χ1n) is 8.71.